The molecular weight excluding hydrogens is 293 g/mol. The van der Waals surface area contributed by atoms with E-state index in [0.717, 1.165) is 0 Å². The summed E-state index contributed by atoms with van der Waals surface area (Å²) in [6, 6.07) is 0. The fourth-order valence-corrected chi connectivity index (χ4v) is 3.70. The van der Waals surface area contributed by atoms with E-state index in [9.17, 15) is 13.3 Å². The fraction of sp³-hybridized carbons (Fsp3) is 1.00. The number of alkyl halides is 2. The van der Waals surface area contributed by atoms with E-state index in [4.69, 9.17) is 18.5 Å². The molecule has 3 atom stereocenters. The first-order valence-electron chi connectivity index (χ1n) is 6.75. The van der Waals surface area contributed by atoms with Gasteiger partial charge in [0.05, 0.1) is 25.7 Å². The highest BCUT2D eigenvalue weighted by Gasteiger charge is 2.56. The molecule has 0 aromatic heterocycles. The van der Waals surface area contributed by atoms with Gasteiger partial charge in [-0.1, -0.05) is 6.92 Å². The van der Waals surface area contributed by atoms with Gasteiger partial charge in [0.15, 0.2) is 6.29 Å². The van der Waals surface area contributed by atoms with Gasteiger partial charge in [-0.05, 0) is 19.8 Å². The maximum atomic E-state index is 14.3. The van der Waals surface area contributed by atoms with Crippen LogP contribution in [0, 0.1) is 5.92 Å². The van der Waals surface area contributed by atoms with Crippen molar-refractivity contribution in [3.8, 4) is 0 Å². The molecule has 0 radical (unpaired) electrons. The summed E-state index contributed by atoms with van der Waals surface area (Å²) in [5.74, 6) is -0.109. The molecule has 0 saturated carbocycles. The average Bonchev–Trinajstić information content (AvgIpc) is 2.70. The van der Waals surface area contributed by atoms with Crippen molar-refractivity contribution in [3.63, 3.8) is 0 Å². The van der Waals surface area contributed by atoms with Crippen LogP contribution in [0.25, 0.3) is 0 Å². The standard InChI is InChI=1S/C12H23F2O5P/c1-5-17-20(15,18-6-2)12(13,14)8-10-9(3)7-11(16-4)19-10/h9-11H,5-8H2,1-4H3. The van der Waals surface area contributed by atoms with Gasteiger partial charge in [-0.3, -0.25) is 4.57 Å². The number of hydrogen-bond donors (Lipinski definition) is 0. The Balaban J connectivity index is 2.79. The summed E-state index contributed by atoms with van der Waals surface area (Å²) in [5, 5.41) is 0. The molecule has 1 fully saturated rings. The lowest BCUT2D eigenvalue weighted by Gasteiger charge is -2.28. The van der Waals surface area contributed by atoms with Crippen LogP contribution in [0.2, 0.25) is 0 Å². The second-order valence-electron chi connectivity index (χ2n) is 4.76. The van der Waals surface area contributed by atoms with Crippen LogP contribution in [0.5, 0.6) is 0 Å². The van der Waals surface area contributed by atoms with Crippen molar-refractivity contribution >= 4 is 7.60 Å². The molecule has 0 aromatic rings. The van der Waals surface area contributed by atoms with Crippen LogP contribution in [-0.4, -0.2) is 38.4 Å². The topological polar surface area (TPSA) is 54.0 Å². The molecule has 0 amide bonds. The molecule has 120 valence electrons. The molecule has 20 heavy (non-hydrogen) atoms. The lowest BCUT2D eigenvalue weighted by molar-refractivity contribution is -0.130. The van der Waals surface area contributed by atoms with Crippen molar-refractivity contribution < 1.29 is 31.9 Å². The van der Waals surface area contributed by atoms with E-state index in [0.29, 0.717) is 6.42 Å². The minimum absolute atomic E-state index is 0.103. The van der Waals surface area contributed by atoms with Crippen molar-refractivity contribution in [3.05, 3.63) is 0 Å². The van der Waals surface area contributed by atoms with Gasteiger partial charge in [-0.15, -0.1) is 0 Å². The Kier molecular flexibility index (Phi) is 6.54. The molecule has 1 saturated heterocycles. The third-order valence-electron chi connectivity index (χ3n) is 3.23. The van der Waals surface area contributed by atoms with Gasteiger partial charge in [0, 0.05) is 13.5 Å². The minimum atomic E-state index is -4.48. The molecular formula is C12H23F2O5P. The van der Waals surface area contributed by atoms with Gasteiger partial charge >= 0.3 is 13.3 Å². The zero-order valence-corrected chi connectivity index (χ0v) is 13.2. The second-order valence-corrected chi connectivity index (χ2v) is 6.92. The smallest absolute Gasteiger partial charge is 0.356 e. The quantitative estimate of drug-likeness (QED) is 0.640. The zero-order chi connectivity index (χ0) is 15.4. The second kappa shape index (κ2) is 7.27. The SMILES string of the molecule is CCOP(=O)(OCC)C(F)(F)CC1OC(OC)CC1C. The lowest BCUT2D eigenvalue weighted by atomic mass is 10.0. The van der Waals surface area contributed by atoms with Gasteiger partial charge in [0.1, 0.15) is 0 Å². The number of rotatable bonds is 8. The van der Waals surface area contributed by atoms with Crippen LogP contribution in [0.3, 0.4) is 0 Å². The Morgan fingerprint density at radius 3 is 2.25 bits per heavy atom. The molecule has 1 heterocycles. The Bertz CT molecular complexity index is 343. The third kappa shape index (κ3) is 3.98. The Hall–Kier alpha value is -0.0700. The summed E-state index contributed by atoms with van der Waals surface area (Å²) < 4.78 is 60.6. The predicted octanol–water partition coefficient (Wildman–Crippen LogP) is 3.63. The highest BCUT2D eigenvalue weighted by atomic mass is 31.2. The van der Waals surface area contributed by atoms with E-state index in [1.54, 1.807) is 6.92 Å². The predicted molar refractivity (Wildman–Crippen MR) is 69.9 cm³/mol. The van der Waals surface area contributed by atoms with Crippen molar-refractivity contribution in [1.82, 2.24) is 0 Å². The highest BCUT2D eigenvalue weighted by Crippen LogP contribution is 2.64. The normalized spacial score (nSPS) is 28.0. The van der Waals surface area contributed by atoms with Crippen molar-refractivity contribution in [2.45, 2.75) is 51.7 Å². The summed E-state index contributed by atoms with van der Waals surface area (Å²) in [6.07, 6.45) is -1.40. The van der Waals surface area contributed by atoms with Crippen molar-refractivity contribution in [2.24, 2.45) is 5.92 Å². The molecule has 0 bridgehead atoms. The van der Waals surface area contributed by atoms with Crippen molar-refractivity contribution in [1.29, 1.82) is 0 Å². The number of hydrogen-bond acceptors (Lipinski definition) is 5. The summed E-state index contributed by atoms with van der Waals surface area (Å²) in [4.78, 5) is 0. The molecule has 1 aliphatic heterocycles. The number of ether oxygens (including phenoxy) is 2. The summed E-state index contributed by atoms with van der Waals surface area (Å²) in [7, 11) is -3.02. The van der Waals surface area contributed by atoms with Crippen LogP contribution in [0.15, 0.2) is 0 Å². The van der Waals surface area contributed by atoms with Crippen LogP contribution in [0.1, 0.15) is 33.6 Å². The van der Waals surface area contributed by atoms with E-state index in [2.05, 4.69) is 0 Å². The molecule has 1 rings (SSSR count). The largest absolute Gasteiger partial charge is 0.399 e. The van der Waals surface area contributed by atoms with E-state index in [-0.39, 0.29) is 19.1 Å². The summed E-state index contributed by atoms with van der Waals surface area (Å²) >= 11 is 0. The maximum absolute atomic E-state index is 14.3. The van der Waals surface area contributed by atoms with E-state index in [1.165, 1.54) is 21.0 Å². The van der Waals surface area contributed by atoms with Crippen LogP contribution < -0.4 is 0 Å². The zero-order valence-electron chi connectivity index (χ0n) is 12.3. The molecule has 8 heteroatoms. The highest BCUT2D eigenvalue weighted by molar-refractivity contribution is 7.55. The van der Waals surface area contributed by atoms with Gasteiger partial charge < -0.3 is 18.5 Å². The molecule has 5 nitrogen and oxygen atoms in total. The summed E-state index contributed by atoms with van der Waals surface area (Å²) in [5.41, 5.74) is -3.58. The number of methoxy groups -OCH3 is 1. The van der Waals surface area contributed by atoms with E-state index < -0.39 is 32.1 Å². The Labute approximate surface area is 118 Å². The van der Waals surface area contributed by atoms with Gasteiger partial charge in [-0.25, -0.2) is 0 Å². The van der Waals surface area contributed by atoms with E-state index in [1.807, 2.05) is 0 Å². The first kappa shape index (κ1) is 18.0. The molecule has 0 spiro atoms. The monoisotopic (exact) mass is 316 g/mol. The van der Waals surface area contributed by atoms with E-state index >= 15 is 0 Å². The van der Waals surface area contributed by atoms with Crippen LogP contribution in [-0.2, 0) is 23.1 Å². The Morgan fingerprint density at radius 2 is 1.85 bits per heavy atom. The molecule has 3 unspecified atom stereocenters. The third-order valence-corrected chi connectivity index (χ3v) is 5.41. The number of halogens is 2. The Morgan fingerprint density at radius 1 is 1.30 bits per heavy atom. The van der Waals surface area contributed by atoms with Gasteiger partial charge in [0.25, 0.3) is 0 Å². The summed E-state index contributed by atoms with van der Waals surface area (Å²) in [6.45, 7) is 4.59. The van der Waals surface area contributed by atoms with Crippen LogP contribution >= 0.6 is 7.60 Å². The van der Waals surface area contributed by atoms with Crippen molar-refractivity contribution in [2.75, 3.05) is 20.3 Å². The average molecular weight is 316 g/mol. The molecule has 1 aliphatic rings. The fourth-order valence-electron chi connectivity index (χ4n) is 2.16. The lowest BCUT2D eigenvalue weighted by Crippen LogP contribution is -2.29. The van der Waals surface area contributed by atoms with Gasteiger partial charge in [-0.2, -0.15) is 8.78 Å². The molecule has 0 N–H and O–H groups in total. The maximum Gasteiger partial charge on any atom is 0.399 e. The van der Waals surface area contributed by atoms with Crippen LogP contribution in [0.4, 0.5) is 8.78 Å². The van der Waals surface area contributed by atoms with Gasteiger partial charge in [0.2, 0.25) is 0 Å². The minimum Gasteiger partial charge on any atom is -0.356 e. The first-order valence-corrected chi connectivity index (χ1v) is 8.29. The molecule has 0 aromatic carbocycles. The first-order chi connectivity index (χ1) is 9.29. The molecule has 0 aliphatic carbocycles.